The molecule has 1 unspecified atom stereocenters. The Bertz CT molecular complexity index is 1320. The molecule has 0 aromatic carbocycles. The van der Waals surface area contributed by atoms with Crippen LogP contribution < -0.4 is 16.8 Å². The molecule has 3 fully saturated rings. The highest BCUT2D eigenvalue weighted by molar-refractivity contribution is 7.84. The maximum absolute atomic E-state index is 13.1. The van der Waals surface area contributed by atoms with E-state index >= 15 is 0 Å². The summed E-state index contributed by atoms with van der Waals surface area (Å²) >= 11 is 0.947. The molecule has 0 spiro atoms. The first-order valence-electron chi connectivity index (χ1n) is 10.8. The summed E-state index contributed by atoms with van der Waals surface area (Å²) in [5, 5.41) is 16.6. The molecule has 3 atom stereocenters. The SMILES string of the molecule is NC=NC[C@@H]1CN(CC2[C@H](NC(=O)/C(=N\OC3(C(=O)O)CC3)c3csc(N)n3)C(=O)N2S(=O)(=O)O)C(=O)O1. The number of carboxylic acid groups (broad SMARTS) is 1. The fraction of sp³-hybridized carbons (Fsp3) is 0.500. The van der Waals surface area contributed by atoms with Crippen LogP contribution in [0.5, 0.6) is 0 Å². The molecular weight excluding hydrogens is 552 g/mol. The van der Waals surface area contributed by atoms with Crippen molar-refractivity contribution in [1.29, 1.82) is 0 Å². The largest absolute Gasteiger partial charge is 0.478 e. The summed E-state index contributed by atoms with van der Waals surface area (Å²) in [7, 11) is -5.05. The van der Waals surface area contributed by atoms with E-state index in [0.717, 1.165) is 22.6 Å². The Balaban J connectivity index is 1.54. The van der Waals surface area contributed by atoms with E-state index in [4.69, 9.17) is 21.0 Å². The van der Waals surface area contributed by atoms with E-state index < -0.39 is 70.2 Å². The molecule has 18 nitrogen and oxygen atoms in total. The minimum absolute atomic E-state index is 0.0310. The van der Waals surface area contributed by atoms with Gasteiger partial charge in [0.05, 0.1) is 25.5 Å². The topological polar surface area (TPSA) is 270 Å². The van der Waals surface area contributed by atoms with E-state index in [-0.39, 0.29) is 41.1 Å². The van der Waals surface area contributed by atoms with Crippen molar-refractivity contribution in [2.45, 2.75) is 36.6 Å². The molecule has 3 heterocycles. The molecular formula is C18H22N8O10S2. The Kier molecular flexibility index (Phi) is 7.12. The number of carboxylic acids is 1. The summed E-state index contributed by atoms with van der Waals surface area (Å²) in [5.74, 6) is -3.55. The Morgan fingerprint density at radius 1 is 1.39 bits per heavy atom. The number of aliphatic carboxylic acids is 1. The van der Waals surface area contributed by atoms with Crippen LogP contribution in [0.25, 0.3) is 0 Å². The number of thiazole rings is 1. The van der Waals surface area contributed by atoms with Crippen LogP contribution in [0.15, 0.2) is 15.5 Å². The zero-order chi connectivity index (χ0) is 27.8. The van der Waals surface area contributed by atoms with E-state index in [2.05, 4.69) is 20.4 Å². The summed E-state index contributed by atoms with van der Waals surface area (Å²) < 4.78 is 38.4. The monoisotopic (exact) mass is 574 g/mol. The van der Waals surface area contributed by atoms with Gasteiger partial charge >= 0.3 is 22.4 Å². The number of rotatable bonds is 11. The van der Waals surface area contributed by atoms with Gasteiger partial charge in [0, 0.05) is 24.8 Å². The van der Waals surface area contributed by atoms with Gasteiger partial charge in [-0.25, -0.2) is 18.9 Å². The molecule has 3 amide bonds. The molecule has 2 aliphatic heterocycles. The Labute approximate surface area is 218 Å². The van der Waals surface area contributed by atoms with Gasteiger partial charge in [-0.3, -0.25) is 19.1 Å². The minimum Gasteiger partial charge on any atom is -0.478 e. The zero-order valence-corrected chi connectivity index (χ0v) is 20.9. The lowest BCUT2D eigenvalue weighted by Gasteiger charge is -2.45. The molecule has 3 aliphatic rings. The van der Waals surface area contributed by atoms with Crippen molar-refractivity contribution in [2.24, 2.45) is 15.9 Å². The van der Waals surface area contributed by atoms with Gasteiger partial charge in [0.25, 0.3) is 11.8 Å². The highest BCUT2D eigenvalue weighted by atomic mass is 32.2. The van der Waals surface area contributed by atoms with Crippen LogP contribution >= 0.6 is 11.3 Å². The summed E-state index contributed by atoms with van der Waals surface area (Å²) in [5.41, 5.74) is 8.58. The predicted molar refractivity (Wildman–Crippen MR) is 127 cm³/mol. The average molecular weight is 575 g/mol. The molecule has 38 heavy (non-hydrogen) atoms. The first-order chi connectivity index (χ1) is 17.9. The first kappa shape index (κ1) is 27.0. The number of cyclic esters (lactones) is 1. The highest BCUT2D eigenvalue weighted by Gasteiger charge is 2.56. The van der Waals surface area contributed by atoms with Gasteiger partial charge in [0.15, 0.2) is 10.8 Å². The molecule has 0 radical (unpaired) electrons. The lowest BCUT2D eigenvalue weighted by Crippen LogP contribution is -2.74. The fourth-order valence-corrected chi connectivity index (χ4v) is 5.18. The lowest BCUT2D eigenvalue weighted by atomic mass is 9.97. The summed E-state index contributed by atoms with van der Waals surface area (Å²) in [6, 6.07) is -2.95. The van der Waals surface area contributed by atoms with Crippen molar-refractivity contribution < 1.29 is 46.8 Å². The van der Waals surface area contributed by atoms with E-state index in [1.165, 1.54) is 5.38 Å². The number of ether oxygens (including phenoxy) is 1. The fourth-order valence-electron chi connectivity index (χ4n) is 3.76. The normalized spacial score (nSPS) is 24.8. The zero-order valence-electron chi connectivity index (χ0n) is 19.3. The molecule has 1 aliphatic carbocycles. The van der Waals surface area contributed by atoms with Crippen molar-refractivity contribution in [3.05, 3.63) is 11.1 Å². The molecule has 20 heteroatoms. The van der Waals surface area contributed by atoms with Crippen molar-refractivity contribution in [3.63, 3.8) is 0 Å². The van der Waals surface area contributed by atoms with Crippen LogP contribution in [0.4, 0.5) is 9.93 Å². The number of β-lactam (4-membered cyclic amide) rings is 1. The second kappa shape index (κ2) is 10.0. The van der Waals surface area contributed by atoms with Gasteiger partial charge in [-0.15, -0.1) is 11.3 Å². The third-order valence-corrected chi connectivity index (χ3v) is 7.48. The summed E-state index contributed by atoms with van der Waals surface area (Å²) in [6.45, 7) is -0.428. The number of carbonyl (C=O) groups is 4. The standard InChI is InChI=1S/C18H22N8O10S2/c19-7-21-3-8-4-25(17(31)35-8)5-10-12(14(28)26(10)38(32,33)34)23-13(27)11(9-6-37-16(20)22-9)24-36-18(1-2-18)15(29)30/h6-8,10,12H,1-5H2,(H2,19,21)(H2,20,22)(H,23,27)(H,29,30)(H,32,33,34)/b24-11-/t8-,10?,12+/m1/s1. The third-order valence-electron chi connectivity index (χ3n) is 5.86. The van der Waals surface area contributed by atoms with Crippen molar-refractivity contribution >= 4 is 62.7 Å². The van der Waals surface area contributed by atoms with Crippen molar-refractivity contribution in [1.82, 2.24) is 19.5 Å². The average Bonchev–Trinajstić information content (AvgIpc) is 3.39. The second-order valence-corrected chi connectivity index (χ2v) is 10.6. The van der Waals surface area contributed by atoms with Crippen LogP contribution in [0.1, 0.15) is 18.5 Å². The number of hydrogen-bond donors (Lipinski definition) is 5. The summed E-state index contributed by atoms with van der Waals surface area (Å²) in [6.07, 6.45) is -0.210. The number of nitrogen functional groups attached to an aromatic ring is 1. The van der Waals surface area contributed by atoms with E-state index in [9.17, 15) is 37.3 Å². The van der Waals surface area contributed by atoms with Crippen LogP contribution in [0.2, 0.25) is 0 Å². The number of anilines is 1. The molecule has 206 valence electrons. The number of aliphatic imine (C=N–C) groups is 1. The Hall–Kier alpha value is -4.04. The maximum Gasteiger partial charge on any atom is 0.410 e. The van der Waals surface area contributed by atoms with Gasteiger partial charge in [0.1, 0.15) is 17.8 Å². The van der Waals surface area contributed by atoms with Crippen molar-refractivity contribution in [2.75, 3.05) is 25.4 Å². The van der Waals surface area contributed by atoms with E-state index in [0.29, 0.717) is 0 Å². The number of nitrogens with zero attached hydrogens (tertiary/aromatic N) is 5. The number of aromatic nitrogens is 1. The predicted octanol–water partition coefficient (Wildman–Crippen LogP) is -2.63. The van der Waals surface area contributed by atoms with E-state index in [1.807, 2.05) is 0 Å². The quantitative estimate of drug-likeness (QED) is 0.0595. The molecule has 1 saturated carbocycles. The third kappa shape index (κ3) is 5.31. The van der Waals surface area contributed by atoms with Crippen LogP contribution in [0, 0.1) is 0 Å². The van der Waals surface area contributed by atoms with Gasteiger partial charge in [-0.2, -0.15) is 8.42 Å². The molecule has 1 aromatic heterocycles. The lowest BCUT2D eigenvalue weighted by molar-refractivity contribution is -0.153. The minimum atomic E-state index is -5.05. The van der Waals surface area contributed by atoms with Gasteiger partial charge in [-0.1, -0.05) is 5.16 Å². The molecule has 4 rings (SSSR count). The van der Waals surface area contributed by atoms with Gasteiger partial charge < -0.3 is 36.4 Å². The second-order valence-electron chi connectivity index (χ2n) is 8.46. The van der Waals surface area contributed by atoms with Crippen LogP contribution in [-0.4, -0.2) is 112 Å². The number of carbonyl (C=O) groups excluding carboxylic acids is 3. The van der Waals surface area contributed by atoms with Crippen molar-refractivity contribution in [3.8, 4) is 0 Å². The number of oxime groups is 1. The molecule has 1 aromatic rings. The maximum atomic E-state index is 13.1. The van der Waals surface area contributed by atoms with Gasteiger partial charge in [0.2, 0.25) is 5.60 Å². The Morgan fingerprint density at radius 2 is 2.11 bits per heavy atom. The first-order valence-corrected chi connectivity index (χ1v) is 13.1. The van der Waals surface area contributed by atoms with Gasteiger partial charge in [-0.05, 0) is 0 Å². The van der Waals surface area contributed by atoms with Crippen LogP contribution in [-0.2, 0) is 34.3 Å². The molecule has 7 N–H and O–H groups in total. The van der Waals surface area contributed by atoms with Crippen LogP contribution in [0.3, 0.4) is 0 Å². The Morgan fingerprint density at radius 3 is 2.66 bits per heavy atom. The number of nitrogens with two attached hydrogens (primary N) is 2. The molecule has 2 saturated heterocycles. The smallest absolute Gasteiger partial charge is 0.410 e. The number of hydrogen-bond acceptors (Lipinski definition) is 13. The summed E-state index contributed by atoms with van der Waals surface area (Å²) in [4.78, 5) is 63.3. The number of nitrogens with one attached hydrogen (secondary N) is 1. The van der Waals surface area contributed by atoms with E-state index in [1.54, 1.807) is 0 Å². The highest BCUT2D eigenvalue weighted by Crippen LogP contribution is 2.40. The number of amides is 3. The molecule has 0 bridgehead atoms.